The number of nitrogens with zero attached hydrogens (tertiary/aromatic N) is 3. The molecule has 0 aliphatic carbocycles. The molecule has 1 fully saturated rings. The Kier molecular flexibility index (Phi) is 6.45. The summed E-state index contributed by atoms with van der Waals surface area (Å²) in [5.74, 6) is -0.0258. The average molecular weight is 430 g/mol. The minimum Gasteiger partial charge on any atom is -0.379 e. The highest BCUT2D eigenvalue weighted by Crippen LogP contribution is 2.33. The summed E-state index contributed by atoms with van der Waals surface area (Å²) >= 11 is 7.82. The fraction of sp³-hybridized carbons (Fsp3) is 0.364. The zero-order valence-electron chi connectivity index (χ0n) is 16.4. The summed E-state index contributed by atoms with van der Waals surface area (Å²) in [7, 11) is 0. The quantitative estimate of drug-likeness (QED) is 0.573. The highest BCUT2D eigenvalue weighted by Gasteiger charge is 2.22. The second-order valence-corrected chi connectivity index (χ2v) is 8.63. The lowest BCUT2D eigenvalue weighted by molar-refractivity contribution is 0.0376. The first-order valence-corrected chi connectivity index (χ1v) is 11.0. The largest absolute Gasteiger partial charge is 0.379 e. The van der Waals surface area contributed by atoms with Crippen LogP contribution < -0.4 is 4.90 Å². The minimum atomic E-state index is -0.0258. The third kappa shape index (κ3) is 4.78. The Labute approximate surface area is 179 Å². The molecule has 2 aromatic carbocycles. The molecule has 0 spiro atoms. The topological polar surface area (TPSA) is 45.7 Å². The number of hydrogen-bond donors (Lipinski definition) is 0. The fourth-order valence-electron chi connectivity index (χ4n) is 3.43. The van der Waals surface area contributed by atoms with Crippen molar-refractivity contribution in [2.75, 3.05) is 44.3 Å². The van der Waals surface area contributed by atoms with Crippen LogP contribution in [0.25, 0.3) is 10.2 Å². The summed E-state index contributed by atoms with van der Waals surface area (Å²) in [6.07, 6.45) is 0.876. The van der Waals surface area contributed by atoms with Gasteiger partial charge in [-0.3, -0.25) is 14.6 Å². The number of morpholine rings is 1. The van der Waals surface area contributed by atoms with Gasteiger partial charge in [-0.1, -0.05) is 46.7 Å². The van der Waals surface area contributed by atoms with Crippen LogP contribution in [-0.2, 0) is 4.74 Å². The van der Waals surface area contributed by atoms with Crippen molar-refractivity contribution in [3.05, 3.63) is 58.6 Å². The molecule has 0 bridgehead atoms. The Balaban J connectivity index is 1.57. The number of halogens is 1. The highest BCUT2D eigenvalue weighted by atomic mass is 35.5. The number of benzene rings is 2. The van der Waals surface area contributed by atoms with Gasteiger partial charge >= 0.3 is 0 Å². The van der Waals surface area contributed by atoms with Crippen molar-refractivity contribution in [2.45, 2.75) is 13.3 Å². The number of rotatable bonds is 6. The van der Waals surface area contributed by atoms with Gasteiger partial charge in [0.2, 0.25) is 0 Å². The second kappa shape index (κ2) is 9.22. The van der Waals surface area contributed by atoms with E-state index in [0.29, 0.717) is 22.3 Å². The summed E-state index contributed by atoms with van der Waals surface area (Å²) in [5, 5.41) is 1.31. The lowest BCUT2D eigenvalue weighted by Gasteiger charge is -2.27. The van der Waals surface area contributed by atoms with Gasteiger partial charge in [-0.15, -0.1) is 0 Å². The Bertz CT molecular complexity index is 983. The van der Waals surface area contributed by atoms with E-state index in [1.54, 1.807) is 4.90 Å². The van der Waals surface area contributed by atoms with E-state index in [-0.39, 0.29) is 5.91 Å². The zero-order valence-corrected chi connectivity index (χ0v) is 18.0. The predicted molar refractivity (Wildman–Crippen MR) is 119 cm³/mol. The molecule has 5 nitrogen and oxygen atoms in total. The van der Waals surface area contributed by atoms with Gasteiger partial charge in [0, 0.05) is 31.7 Å². The third-order valence-corrected chi connectivity index (χ3v) is 6.44. The van der Waals surface area contributed by atoms with Gasteiger partial charge in [-0.2, -0.15) is 0 Å². The summed E-state index contributed by atoms with van der Waals surface area (Å²) in [6, 6.07) is 13.4. The minimum absolute atomic E-state index is 0.0258. The molecule has 1 aliphatic rings. The summed E-state index contributed by atoms with van der Waals surface area (Å²) in [6.45, 7) is 7.02. The first-order chi connectivity index (χ1) is 14.1. The lowest BCUT2D eigenvalue weighted by atomic mass is 10.1. The number of thiazole rings is 1. The SMILES string of the molecule is Cc1ccc(C(=O)N(CCCN2CCOCC2)c2nc3c(Cl)cccc3s2)cc1. The van der Waals surface area contributed by atoms with Crippen LogP contribution in [0, 0.1) is 6.92 Å². The van der Waals surface area contributed by atoms with E-state index in [9.17, 15) is 4.79 Å². The molecule has 152 valence electrons. The van der Waals surface area contributed by atoms with Gasteiger partial charge in [0.15, 0.2) is 5.13 Å². The molecule has 0 atom stereocenters. The molecule has 1 saturated heterocycles. The molecule has 3 aromatic rings. The van der Waals surface area contributed by atoms with Crippen LogP contribution in [0.4, 0.5) is 5.13 Å². The van der Waals surface area contributed by atoms with Crippen LogP contribution in [0.15, 0.2) is 42.5 Å². The van der Waals surface area contributed by atoms with Crippen LogP contribution in [0.3, 0.4) is 0 Å². The van der Waals surface area contributed by atoms with E-state index in [1.807, 2.05) is 49.4 Å². The normalized spacial score (nSPS) is 15.0. The van der Waals surface area contributed by atoms with Crippen molar-refractivity contribution in [1.82, 2.24) is 9.88 Å². The number of anilines is 1. The molecule has 0 saturated carbocycles. The van der Waals surface area contributed by atoms with Crippen LogP contribution in [0.1, 0.15) is 22.3 Å². The van der Waals surface area contributed by atoms with Gasteiger partial charge in [0.05, 0.1) is 22.9 Å². The molecule has 1 amide bonds. The molecule has 7 heteroatoms. The van der Waals surface area contributed by atoms with Crippen molar-refractivity contribution in [1.29, 1.82) is 0 Å². The van der Waals surface area contributed by atoms with Gasteiger partial charge in [0.25, 0.3) is 5.91 Å². The van der Waals surface area contributed by atoms with Crippen LogP contribution >= 0.6 is 22.9 Å². The van der Waals surface area contributed by atoms with E-state index < -0.39 is 0 Å². The maximum absolute atomic E-state index is 13.3. The Morgan fingerprint density at radius 3 is 2.69 bits per heavy atom. The Morgan fingerprint density at radius 1 is 1.21 bits per heavy atom. The molecule has 1 aromatic heterocycles. The molecule has 29 heavy (non-hydrogen) atoms. The predicted octanol–water partition coefficient (Wildman–Crippen LogP) is 4.63. The number of amides is 1. The van der Waals surface area contributed by atoms with Gasteiger partial charge < -0.3 is 4.74 Å². The van der Waals surface area contributed by atoms with Crippen molar-refractivity contribution >= 4 is 44.2 Å². The molecule has 0 radical (unpaired) electrons. The second-order valence-electron chi connectivity index (χ2n) is 7.21. The van der Waals surface area contributed by atoms with E-state index in [1.165, 1.54) is 11.3 Å². The van der Waals surface area contributed by atoms with Crippen molar-refractivity contribution in [3.63, 3.8) is 0 Å². The summed E-state index contributed by atoms with van der Waals surface area (Å²) < 4.78 is 6.41. The van der Waals surface area contributed by atoms with Crippen molar-refractivity contribution < 1.29 is 9.53 Å². The van der Waals surface area contributed by atoms with Gasteiger partial charge in [0.1, 0.15) is 5.52 Å². The Morgan fingerprint density at radius 2 is 1.97 bits per heavy atom. The third-order valence-electron chi connectivity index (χ3n) is 5.09. The molecule has 2 heterocycles. The number of hydrogen-bond acceptors (Lipinski definition) is 5. The first-order valence-electron chi connectivity index (χ1n) is 9.85. The molecule has 1 aliphatic heterocycles. The van der Waals surface area contributed by atoms with Crippen molar-refractivity contribution in [2.24, 2.45) is 0 Å². The number of ether oxygens (including phenoxy) is 1. The van der Waals surface area contributed by atoms with Gasteiger partial charge in [-0.05, 0) is 37.6 Å². The highest BCUT2D eigenvalue weighted by molar-refractivity contribution is 7.22. The molecular weight excluding hydrogens is 406 g/mol. The fourth-order valence-corrected chi connectivity index (χ4v) is 4.72. The van der Waals surface area contributed by atoms with Gasteiger partial charge in [-0.25, -0.2) is 4.98 Å². The average Bonchev–Trinajstić information content (AvgIpc) is 3.17. The number of aromatic nitrogens is 1. The summed E-state index contributed by atoms with van der Waals surface area (Å²) in [5.41, 5.74) is 2.56. The van der Waals surface area contributed by atoms with Crippen molar-refractivity contribution in [3.8, 4) is 0 Å². The van der Waals surface area contributed by atoms with E-state index in [0.717, 1.165) is 55.0 Å². The molecule has 0 N–H and O–H groups in total. The monoisotopic (exact) mass is 429 g/mol. The number of para-hydroxylation sites is 1. The molecule has 0 unspecified atom stereocenters. The number of aryl methyl sites for hydroxylation is 1. The standard InChI is InChI=1S/C22H24ClN3O2S/c1-16-6-8-17(9-7-16)21(27)26(11-3-10-25-12-14-28-15-13-25)22-24-20-18(23)4-2-5-19(20)29-22/h2,4-9H,3,10-15H2,1H3. The lowest BCUT2D eigenvalue weighted by Crippen LogP contribution is -2.39. The number of carbonyl (C=O) groups is 1. The van der Waals surface area contributed by atoms with E-state index in [4.69, 9.17) is 21.3 Å². The van der Waals surface area contributed by atoms with E-state index >= 15 is 0 Å². The van der Waals surface area contributed by atoms with E-state index in [2.05, 4.69) is 4.90 Å². The first kappa shape index (κ1) is 20.3. The maximum Gasteiger partial charge on any atom is 0.260 e. The van der Waals surface area contributed by atoms with Crippen LogP contribution in [0.5, 0.6) is 0 Å². The maximum atomic E-state index is 13.3. The number of fused-ring (bicyclic) bond motifs is 1. The molecule has 4 rings (SSSR count). The molecular formula is C22H24ClN3O2S. The zero-order chi connectivity index (χ0) is 20.2. The van der Waals surface area contributed by atoms with Crippen LogP contribution in [0.2, 0.25) is 5.02 Å². The number of carbonyl (C=O) groups excluding carboxylic acids is 1. The Hall–Kier alpha value is -1.99. The van der Waals surface area contributed by atoms with Crippen LogP contribution in [-0.4, -0.2) is 55.2 Å². The smallest absolute Gasteiger partial charge is 0.260 e. The summed E-state index contributed by atoms with van der Waals surface area (Å²) in [4.78, 5) is 22.2.